The molecule has 0 spiro atoms. The maximum absolute atomic E-state index is 14.3. The van der Waals surface area contributed by atoms with Crippen LogP contribution in [0.25, 0.3) is 16.6 Å². The highest BCUT2D eigenvalue weighted by Crippen LogP contribution is 2.30. The van der Waals surface area contributed by atoms with Crippen LogP contribution >= 0.6 is 15.9 Å². The standard InChI is InChI=1S/C19H16BrFN6O/c1-11-19(20)14-5-3-4-6-17(14)26(11)10-18(28)22-16-9-13(7-8-15(16)21)27-12(2)23-24-25-27/h3-9H,10H2,1-2H3,(H,22,28). The molecule has 0 aliphatic rings. The van der Waals surface area contributed by atoms with Gasteiger partial charge in [-0.15, -0.1) is 5.10 Å². The Balaban J connectivity index is 1.62. The molecule has 4 rings (SSSR count). The highest BCUT2D eigenvalue weighted by Gasteiger charge is 2.16. The molecule has 0 bridgehead atoms. The van der Waals surface area contributed by atoms with Gasteiger partial charge in [0.05, 0.1) is 11.4 Å². The number of carbonyl (C=O) groups is 1. The number of para-hydroxylation sites is 1. The molecule has 7 nitrogen and oxygen atoms in total. The second-order valence-corrected chi connectivity index (χ2v) is 7.15. The van der Waals surface area contributed by atoms with Gasteiger partial charge in [0.1, 0.15) is 12.4 Å². The third-order valence-electron chi connectivity index (χ3n) is 4.55. The molecular weight excluding hydrogens is 427 g/mol. The SMILES string of the molecule is Cc1nnnn1-c1ccc(F)c(NC(=O)Cn2c(C)c(Br)c3ccccc32)c1. The summed E-state index contributed by atoms with van der Waals surface area (Å²) in [4.78, 5) is 12.6. The van der Waals surface area contributed by atoms with Gasteiger partial charge in [-0.3, -0.25) is 4.79 Å². The Kier molecular flexibility index (Phi) is 4.68. The highest BCUT2D eigenvalue weighted by molar-refractivity contribution is 9.10. The first-order valence-electron chi connectivity index (χ1n) is 8.54. The Hall–Kier alpha value is -3.07. The summed E-state index contributed by atoms with van der Waals surface area (Å²) in [5, 5.41) is 14.9. The molecule has 0 atom stereocenters. The van der Waals surface area contributed by atoms with Crippen LogP contribution in [-0.4, -0.2) is 30.7 Å². The lowest BCUT2D eigenvalue weighted by Crippen LogP contribution is -2.20. The molecule has 28 heavy (non-hydrogen) atoms. The summed E-state index contributed by atoms with van der Waals surface area (Å²) >= 11 is 3.57. The number of aromatic nitrogens is 5. The number of carbonyl (C=O) groups excluding carboxylic acids is 1. The average molecular weight is 443 g/mol. The molecule has 0 radical (unpaired) electrons. The van der Waals surface area contributed by atoms with Crippen molar-refractivity contribution in [2.45, 2.75) is 20.4 Å². The largest absolute Gasteiger partial charge is 0.334 e. The zero-order chi connectivity index (χ0) is 19.8. The first kappa shape index (κ1) is 18.3. The van der Waals surface area contributed by atoms with E-state index >= 15 is 0 Å². The van der Waals surface area contributed by atoms with Crippen molar-refractivity contribution < 1.29 is 9.18 Å². The van der Waals surface area contributed by atoms with Crippen LogP contribution in [0.15, 0.2) is 46.9 Å². The average Bonchev–Trinajstić information content (AvgIpc) is 3.21. The van der Waals surface area contributed by atoms with Gasteiger partial charge >= 0.3 is 0 Å². The minimum Gasteiger partial charge on any atom is -0.334 e. The fourth-order valence-electron chi connectivity index (χ4n) is 3.14. The molecule has 1 amide bonds. The summed E-state index contributed by atoms with van der Waals surface area (Å²) in [6.45, 7) is 3.73. The van der Waals surface area contributed by atoms with Crippen LogP contribution in [0, 0.1) is 19.7 Å². The predicted octanol–water partition coefficient (Wildman–Crippen LogP) is 3.77. The number of anilines is 1. The number of amides is 1. The monoisotopic (exact) mass is 442 g/mol. The summed E-state index contributed by atoms with van der Waals surface area (Å²) in [5.41, 5.74) is 2.49. The number of tetrazole rings is 1. The van der Waals surface area contributed by atoms with Crippen LogP contribution in [0.2, 0.25) is 0 Å². The third kappa shape index (κ3) is 3.18. The van der Waals surface area contributed by atoms with Crippen molar-refractivity contribution in [2.75, 3.05) is 5.32 Å². The smallest absolute Gasteiger partial charge is 0.244 e. The maximum atomic E-state index is 14.3. The van der Waals surface area contributed by atoms with E-state index in [2.05, 4.69) is 36.8 Å². The number of fused-ring (bicyclic) bond motifs is 1. The lowest BCUT2D eigenvalue weighted by Gasteiger charge is -2.11. The van der Waals surface area contributed by atoms with E-state index in [0.717, 1.165) is 21.1 Å². The Morgan fingerprint density at radius 3 is 2.75 bits per heavy atom. The molecule has 1 N–H and O–H groups in total. The zero-order valence-corrected chi connectivity index (χ0v) is 16.7. The van der Waals surface area contributed by atoms with E-state index in [0.29, 0.717) is 11.5 Å². The van der Waals surface area contributed by atoms with Gasteiger partial charge in [-0.2, -0.15) is 4.68 Å². The van der Waals surface area contributed by atoms with Crippen molar-refractivity contribution in [3.05, 3.63) is 64.3 Å². The number of rotatable bonds is 4. The van der Waals surface area contributed by atoms with Gasteiger partial charge in [0.2, 0.25) is 5.91 Å². The van der Waals surface area contributed by atoms with E-state index in [-0.39, 0.29) is 18.1 Å². The Morgan fingerprint density at radius 1 is 1.21 bits per heavy atom. The molecule has 2 aromatic heterocycles. The molecule has 0 saturated heterocycles. The lowest BCUT2D eigenvalue weighted by atomic mass is 10.2. The number of hydrogen-bond acceptors (Lipinski definition) is 4. The van der Waals surface area contributed by atoms with E-state index in [1.165, 1.54) is 16.8 Å². The van der Waals surface area contributed by atoms with Crippen LogP contribution in [-0.2, 0) is 11.3 Å². The third-order valence-corrected chi connectivity index (χ3v) is 5.55. The summed E-state index contributed by atoms with van der Waals surface area (Å²) in [7, 11) is 0. The van der Waals surface area contributed by atoms with E-state index in [9.17, 15) is 9.18 Å². The zero-order valence-electron chi connectivity index (χ0n) is 15.1. The fraction of sp³-hybridized carbons (Fsp3) is 0.158. The van der Waals surface area contributed by atoms with E-state index in [1.54, 1.807) is 13.0 Å². The summed E-state index contributed by atoms with van der Waals surface area (Å²) in [5.74, 6) is -0.304. The van der Waals surface area contributed by atoms with Gasteiger partial charge in [-0.1, -0.05) is 18.2 Å². The molecule has 4 aromatic rings. The van der Waals surface area contributed by atoms with Crippen molar-refractivity contribution >= 4 is 38.4 Å². The van der Waals surface area contributed by atoms with Crippen LogP contribution < -0.4 is 5.32 Å². The van der Waals surface area contributed by atoms with E-state index in [4.69, 9.17) is 0 Å². The Bertz CT molecular complexity index is 1200. The number of hydrogen-bond donors (Lipinski definition) is 1. The van der Waals surface area contributed by atoms with E-state index < -0.39 is 5.82 Å². The summed E-state index contributed by atoms with van der Waals surface area (Å²) < 4.78 is 18.6. The topological polar surface area (TPSA) is 77.6 Å². The molecule has 2 aromatic carbocycles. The number of halogens is 2. The quantitative estimate of drug-likeness (QED) is 0.521. The molecule has 9 heteroatoms. The lowest BCUT2D eigenvalue weighted by molar-refractivity contribution is -0.116. The van der Waals surface area contributed by atoms with Gasteiger partial charge in [-0.25, -0.2) is 4.39 Å². The van der Waals surface area contributed by atoms with Crippen molar-refractivity contribution in [2.24, 2.45) is 0 Å². The summed E-state index contributed by atoms with van der Waals surface area (Å²) in [6, 6.07) is 12.1. The molecule has 142 valence electrons. The van der Waals surface area contributed by atoms with Crippen molar-refractivity contribution in [3.8, 4) is 5.69 Å². The normalized spacial score (nSPS) is 11.1. The second-order valence-electron chi connectivity index (χ2n) is 6.35. The van der Waals surface area contributed by atoms with Gasteiger partial charge < -0.3 is 9.88 Å². The minimum absolute atomic E-state index is 0.0610. The highest BCUT2D eigenvalue weighted by atomic mass is 79.9. The summed E-state index contributed by atoms with van der Waals surface area (Å²) in [6.07, 6.45) is 0. The van der Waals surface area contributed by atoms with E-state index in [1.807, 2.05) is 35.8 Å². The predicted molar refractivity (Wildman–Crippen MR) is 107 cm³/mol. The Morgan fingerprint density at radius 2 is 2.00 bits per heavy atom. The molecule has 0 aliphatic heterocycles. The Labute approximate surface area is 168 Å². The maximum Gasteiger partial charge on any atom is 0.244 e. The fourth-order valence-corrected chi connectivity index (χ4v) is 3.69. The second kappa shape index (κ2) is 7.16. The first-order chi connectivity index (χ1) is 13.5. The van der Waals surface area contributed by atoms with Crippen LogP contribution in [0.4, 0.5) is 10.1 Å². The number of nitrogens with one attached hydrogen (secondary N) is 1. The number of nitrogens with zero attached hydrogens (tertiary/aromatic N) is 5. The van der Waals surface area contributed by atoms with Crippen LogP contribution in [0.5, 0.6) is 0 Å². The molecule has 0 unspecified atom stereocenters. The van der Waals surface area contributed by atoms with Crippen molar-refractivity contribution in [1.29, 1.82) is 0 Å². The van der Waals surface area contributed by atoms with Gasteiger partial charge in [0, 0.05) is 21.1 Å². The molecule has 0 aliphatic carbocycles. The van der Waals surface area contributed by atoms with Crippen LogP contribution in [0.1, 0.15) is 11.5 Å². The number of aryl methyl sites for hydroxylation is 1. The van der Waals surface area contributed by atoms with Crippen molar-refractivity contribution in [1.82, 2.24) is 24.8 Å². The molecular formula is C19H16BrFN6O. The van der Waals surface area contributed by atoms with Crippen molar-refractivity contribution in [3.63, 3.8) is 0 Å². The van der Waals surface area contributed by atoms with Gasteiger partial charge in [0.15, 0.2) is 5.82 Å². The van der Waals surface area contributed by atoms with Gasteiger partial charge in [0.25, 0.3) is 0 Å². The minimum atomic E-state index is -0.530. The molecule has 0 fully saturated rings. The first-order valence-corrected chi connectivity index (χ1v) is 9.33. The molecule has 2 heterocycles. The van der Waals surface area contributed by atoms with Gasteiger partial charge in [-0.05, 0) is 64.5 Å². The number of benzene rings is 2. The molecule has 0 saturated carbocycles. The van der Waals surface area contributed by atoms with Crippen LogP contribution in [0.3, 0.4) is 0 Å².